The molecule has 0 bridgehead atoms. The van der Waals surface area contributed by atoms with Crippen LogP contribution in [-0.4, -0.2) is 13.7 Å². The van der Waals surface area contributed by atoms with E-state index in [-0.39, 0.29) is 5.88 Å². The molecule has 2 aromatic rings. The van der Waals surface area contributed by atoms with Crippen molar-refractivity contribution in [2.24, 2.45) is 0 Å². The summed E-state index contributed by atoms with van der Waals surface area (Å²) in [5.41, 5.74) is 0.732. The molecular weight excluding hydrogens is 202 g/mol. The molecule has 0 amide bonds. The number of rotatable bonds is 2. The third-order valence-electron chi connectivity index (χ3n) is 1.73. The first-order valence-corrected chi connectivity index (χ1v) is 4.94. The highest BCUT2D eigenvalue weighted by atomic mass is 32.2. The van der Waals surface area contributed by atoms with E-state index in [9.17, 15) is 4.21 Å². The predicted molar refractivity (Wildman–Crippen MR) is 53.1 cm³/mol. The fourth-order valence-electron chi connectivity index (χ4n) is 1.17. The first-order chi connectivity index (χ1) is 6.75. The molecule has 14 heavy (non-hydrogen) atoms. The maximum atomic E-state index is 10.4. The molecule has 1 atom stereocenters. The zero-order chi connectivity index (χ0) is 9.97. The fourth-order valence-corrected chi connectivity index (χ4v) is 1.41. The normalized spacial score (nSPS) is 12.6. The van der Waals surface area contributed by atoms with Gasteiger partial charge in [0.05, 0.1) is 5.52 Å². The Bertz CT molecular complexity index is 486. The van der Waals surface area contributed by atoms with E-state index in [0.29, 0.717) is 0 Å². The Balaban J connectivity index is 2.46. The van der Waals surface area contributed by atoms with Gasteiger partial charge in [-0.2, -0.15) is 4.21 Å². The maximum Gasteiger partial charge on any atom is 0.359 e. The van der Waals surface area contributed by atoms with Crippen LogP contribution >= 0.6 is 0 Å². The second-order valence-corrected chi connectivity index (χ2v) is 3.24. The van der Waals surface area contributed by atoms with Crippen molar-refractivity contribution < 1.29 is 12.9 Å². The molecule has 1 N–H and O–H groups in total. The Morgan fingerprint density at radius 2 is 2.00 bits per heavy atom. The molecule has 0 saturated heterocycles. The molecule has 0 fully saturated rings. The second-order valence-electron chi connectivity index (χ2n) is 2.64. The average molecular weight is 209 g/mol. The number of hydrogen-bond acceptors (Lipinski definition) is 3. The van der Waals surface area contributed by atoms with Crippen molar-refractivity contribution in [2.75, 3.05) is 0 Å². The zero-order valence-corrected chi connectivity index (χ0v) is 7.90. The summed E-state index contributed by atoms with van der Waals surface area (Å²) in [5, 5.41) is 0.962. The summed E-state index contributed by atoms with van der Waals surface area (Å²) in [6.45, 7) is 0. The highest BCUT2D eigenvalue weighted by Crippen LogP contribution is 2.16. The van der Waals surface area contributed by atoms with Gasteiger partial charge in [-0.05, 0) is 12.1 Å². The van der Waals surface area contributed by atoms with Gasteiger partial charge >= 0.3 is 11.4 Å². The van der Waals surface area contributed by atoms with Gasteiger partial charge in [-0.3, -0.25) is 4.55 Å². The summed E-state index contributed by atoms with van der Waals surface area (Å²) in [6, 6.07) is 10.8. The smallest absolute Gasteiger partial charge is 0.359 e. The van der Waals surface area contributed by atoms with Crippen LogP contribution in [0, 0.1) is 0 Å². The zero-order valence-electron chi connectivity index (χ0n) is 7.08. The number of para-hydroxylation sites is 1. The van der Waals surface area contributed by atoms with Crippen molar-refractivity contribution in [3.05, 3.63) is 36.4 Å². The molecule has 2 rings (SSSR count). The van der Waals surface area contributed by atoms with Gasteiger partial charge in [0, 0.05) is 11.5 Å². The van der Waals surface area contributed by atoms with E-state index in [4.69, 9.17) is 4.55 Å². The van der Waals surface area contributed by atoms with Gasteiger partial charge < -0.3 is 4.18 Å². The Kier molecular flexibility index (Phi) is 2.43. The summed E-state index contributed by atoms with van der Waals surface area (Å²) >= 11 is -2.32. The monoisotopic (exact) mass is 209 g/mol. The van der Waals surface area contributed by atoms with Crippen molar-refractivity contribution in [1.29, 1.82) is 0 Å². The lowest BCUT2D eigenvalue weighted by Crippen LogP contribution is -1.99. The summed E-state index contributed by atoms with van der Waals surface area (Å²) in [7, 11) is 0. The Labute approximate surface area is 83.0 Å². The number of nitrogens with zero attached hydrogens (tertiary/aromatic N) is 1. The molecule has 72 valence electrons. The molecule has 1 heterocycles. The highest BCUT2D eigenvalue weighted by Gasteiger charge is 2.01. The van der Waals surface area contributed by atoms with Gasteiger partial charge in [-0.1, -0.05) is 18.2 Å². The third kappa shape index (κ3) is 1.89. The quantitative estimate of drug-likeness (QED) is 0.765. The van der Waals surface area contributed by atoms with Crippen LogP contribution in [0.1, 0.15) is 0 Å². The lowest BCUT2D eigenvalue weighted by atomic mass is 10.2. The maximum absolute atomic E-state index is 10.4. The Morgan fingerprint density at radius 3 is 2.79 bits per heavy atom. The summed E-state index contributed by atoms with van der Waals surface area (Å²) in [4.78, 5) is 4.04. The molecule has 0 radical (unpaired) electrons. The first-order valence-electron chi connectivity index (χ1n) is 3.91. The molecular formula is C9H7NO3S. The molecule has 5 heteroatoms. The van der Waals surface area contributed by atoms with E-state index in [0.717, 1.165) is 10.9 Å². The van der Waals surface area contributed by atoms with E-state index in [1.165, 1.54) is 0 Å². The molecule has 0 saturated carbocycles. The molecule has 4 nitrogen and oxygen atoms in total. The van der Waals surface area contributed by atoms with E-state index < -0.39 is 11.4 Å². The molecule has 0 aliphatic carbocycles. The van der Waals surface area contributed by atoms with Crippen LogP contribution in [0.3, 0.4) is 0 Å². The van der Waals surface area contributed by atoms with Crippen molar-refractivity contribution >= 4 is 22.3 Å². The van der Waals surface area contributed by atoms with E-state index >= 15 is 0 Å². The van der Waals surface area contributed by atoms with Crippen LogP contribution in [0.5, 0.6) is 5.88 Å². The topological polar surface area (TPSA) is 59.4 Å². The molecule has 1 aromatic heterocycles. The standard InChI is InChI=1S/C9H7NO3S/c11-14(12)13-9-6-5-7-3-1-2-4-8(7)10-9/h1-6H,(H,11,12). The number of pyridine rings is 1. The van der Waals surface area contributed by atoms with Gasteiger partial charge in [0.1, 0.15) is 0 Å². The van der Waals surface area contributed by atoms with Gasteiger partial charge in [-0.15, -0.1) is 0 Å². The van der Waals surface area contributed by atoms with Crippen LogP contribution in [0.2, 0.25) is 0 Å². The summed E-state index contributed by atoms with van der Waals surface area (Å²) in [5.74, 6) is 0.143. The molecule has 0 aliphatic rings. The average Bonchev–Trinajstić information content (AvgIpc) is 2.17. The van der Waals surface area contributed by atoms with E-state index in [1.807, 2.05) is 24.3 Å². The van der Waals surface area contributed by atoms with Crippen molar-refractivity contribution in [3.63, 3.8) is 0 Å². The Hall–Kier alpha value is -1.46. The van der Waals surface area contributed by atoms with Crippen LogP contribution < -0.4 is 4.18 Å². The Morgan fingerprint density at radius 1 is 1.21 bits per heavy atom. The van der Waals surface area contributed by atoms with E-state index in [1.54, 1.807) is 12.1 Å². The van der Waals surface area contributed by atoms with Crippen LogP contribution in [0.25, 0.3) is 10.9 Å². The summed E-state index contributed by atoms with van der Waals surface area (Å²) in [6.07, 6.45) is 0. The number of benzene rings is 1. The molecule has 1 aromatic carbocycles. The van der Waals surface area contributed by atoms with Crippen molar-refractivity contribution in [1.82, 2.24) is 4.98 Å². The van der Waals surface area contributed by atoms with Crippen molar-refractivity contribution in [2.45, 2.75) is 0 Å². The molecule has 1 unspecified atom stereocenters. The van der Waals surface area contributed by atoms with Crippen LogP contribution in [-0.2, 0) is 11.4 Å². The number of hydrogen-bond donors (Lipinski definition) is 1. The number of fused-ring (bicyclic) bond motifs is 1. The van der Waals surface area contributed by atoms with E-state index in [2.05, 4.69) is 9.17 Å². The van der Waals surface area contributed by atoms with Crippen LogP contribution in [0.15, 0.2) is 36.4 Å². The second kappa shape index (κ2) is 3.73. The lowest BCUT2D eigenvalue weighted by molar-refractivity contribution is 0.450. The number of aromatic nitrogens is 1. The summed E-state index contributed by atoms with van der Waals surface area (Å²) < 4.78 is 23.4. The van der Waals surface area contributed by atoms with Crippen molar-refractivity contribution in [3.8, 4) is 5.88 Å². The van der Waals surface area contributed by atoms with Gasteiger partial charge in [0.2, 0.25) is 5.88 Å². The minimum Gasteiger partial charge on any atom is -0.359 e. The first kappa shape index (κ1) is 9.11. The van der Waals surface area contributed by atoms with Crippen LogP contribution in [0.4, 0.5) is 0 Å². The molecule has 0 aliphatic heterocycles. The SMILES string of the molecule is O=S(O)Oc1ccc2ccccc2n1. The highest BCUT2D eigenvalue weighted by molar-refractivity contribution is 7.74. The van der Waals surface area contributed by atoms with Gasteiger partial charge in [-0.25, -0.2) is 4.98 Å². The third-order valence-corrected chi connectivity index (χ3v) is 2.04. The molecule has 0 spiro atoms. The predicted octanol–water partition coefficient (Wildman–Crippen LogP) is 1.75. The largest absolute Gasteiger partial charge is 0.359 e. The fraction of sp³-hybridized carbons (Fsp3) is 0. The van der Waals surface area contributed by atoms with Gasteiger partial charge in [0.15, 0.2) is 0 Å². The van der Waals surface area contributed by atoms with Gasteiger partial charge in [0.25, 0.3) is 0 Å². The minimum atomic E-state index is -2.32. The minimum absolute atomic E-state index is 0.143. The lowest BCUT2D eigenvalue weighted by Gasteiger charge is -2.00.